The van der Waals surface area contributed by atoms with E-state index in [0.29, 0.717) is 16.9 Å². The summed E-state index contributed by atoms with van der Waals surface area (Å²) in [7, 11) is 1.43. The Morgan fingerprint density at radius 1 is 1.39 bits per heavy atom. The summed E-state index contributed by atoms with van der Waals surface area (Å²) >= 11 is 0. The van der Waals surface area contributed by atoms with E-state index in [9.17, 15) is 9.90 Å². The lowest BCUT2D eigenvalue weighted by Gasteiger charge is -2.09. The van der Waals surface area contributed by atoms with Crippen LogP contribution in [-0.4, -0.2) is 30.0 Å². The number of aliphatic hydroxyl groups is 1. The van der Waals surface area contributed by atoms with Crippen LogP contribution in [0, 0.1) is 0 Å². The van der Waals surface area contributed by atoms with E-state index in [4.69, 9.17) is 0 Å². The van der Waals surface area contributed by atoms with Gasteiger partial charge in [0.2, 0.25) is 6.23 Å². The van der Waals surface area contributed by atoms with Gasteiger partial charge in [-0.15, -0.1) is 0 Å². The molecule has 4 heteroatoms. The van der Waals surface area contributed by atoms with Gasteiger partial charge in [-0.2, -0.15) is 0 Å². The average Bonchev–Trinajstić information content (AvgIpc) is 2.34. The second-order valence-electron chi connectivity index (χ2n) is 3.66. The summed E-state index contributed by atoms with van der Waals surface area (Å²) in [6, 6.07) is 0. The molecule has 0 aliphatic rings. The molecule has 0 heterocycles. The molecule has 0 saturated heterocycles. The summed E-state index contributed by atoms with van der Waals surface area (Å²) < 4.78 is 0. The number of hydrogen-bond donors (Lipinski definition) is 2. The zero-order valence-electron chi connectivity index (χ0n) is 11.1. The van der Waals surface area contributed by atoms with Crippen molar-refractivity contribution in [3.05, 3.63) is 48.6 Å². The fourth-order valence-electron chi connectivity index (χ4n) is 1.14. The number of likely N-dealkylation sites (N-methyl/N-ethyl adjacent to an activating group) is 1. The molecule has 0 radical (unpaired) electrons. The lowest BCUT2D eigenvalue weighted by Crippen LogP contribution is -2.31. The van der Waals surface area contributed by atoms with Gasteiger partial charge in [0.15, 0.2) is 0 Å². The molecule has 0 rings (SSSR count). The van der Waals surface area contributed by atoms with E-state index in [-0.39, 0.29) is 0 Å². The maximum atomic E-state index is 11.2. The number of allylic oxidation sites excluding steroid dienone is 6. The summed E-state index contributed by atoms with van der Waals surface area (Å²) in [5, 5.41) is 11.9. The van der Waals surface area contributed by atoms with Gasteiger partial charge in [0, 0.05) is 7.05 Å². The van der Waals surface area contributed by atoms with Gasteiger partial charge in [0.05, 0.1) is 5.71 Å². The first-order valence-corrected chi connectivity index (χ1v) is 5.56. The molecular weight excluding hydrogens is 228 g/mol. The third kappa shape index (κ3) is 5.41. The SMILES string of the molecule is C=C(C)C(=NC(O)C(=O)NC)C(=C)C=CC=CC. The minimum atomic E-state index is -1.45. The Morgan fingerprint density at radius 3 is 2.44 bits per heavy atom. The van der Waals surface area contributed by atoms with Gasteiger partial charge in [-0.3, -0.25) is 4.79 Å². The molecule has 18 heavy (non-hydrogen) atoms. The van der Waals surface area contributed by atoms with Crippen molar-refractivity contribution < 1.29 is 9.90 Å². The summed E-state index contributed by atoms with van der Waals surface area (Å²) in [5.74, 6) is -0.570. The number of aliphatic imine (C=N–C) groups is 1. The van der Waals surface area contributed by atoms with Gasteiger partial charge in [-0.05, 0) is 25.0 Å². The Morgan fingerprint density at radius 2 is 2.00 bits per heavy atom. The zero-order chi connectivity index (χ0) is 14.1. The van der Waals surface area contributed by atoms with Crippen molar-refractivity contribution in [1.82, 2.24) is 5.32 Å². The molecule has 4 nitrogen and oxygen atoms in total. The summed E-state index contributed by atoms with van der Waals surface area (Å²) in [6.45, 7) is 11.2. The van der Waals surface area contributed by atoms with Crippen LogP contribution in [0.2, 0.25) is 0 Å². The predicted molar refractivity (Wildman–Crippen MR) is 75.4 cm³/mol. The van der Waals surface area contributed by atoms with Crippen LogP contribution in [0.4, 0.5) is 0 Å². The molecular formula is C14H20N2O2. The summed E-state index contributed by atoms with van der Waals surface area (Å²) in [6.07, 6.45) is 5.81. The number of carbonyl (C=O) groups is 1. The molecule has 1 amide bonds. The first-order chi connectivity index (χ1) is 8.43. The zero-order valence-corrected chi connectivity index (χ0v) is 11.1. The number of amides is 1. The molecule has 1 atom stereocenters. The topological polar surface area (TPSA) is 61.7 Å². The molecule has 0 saturated carbocycles. The molecule has 0 aromatic carbocycles. The van der Waals surface area contributed by atoms with Crippen LogP contribution in [0.1, 0.15) is 13.8 Å². The van der Waals surface area contributed by atoms with Crippen molar-refractivity contribution in [3.8, 4) is 0 Å². The third-order valence-corrected chi connectivity index (χ3v) is 2.04. The van der Waals surface area contributed by atoms with E-state index < -0.39 is 12.1 Å². The number of nitrogens with zero attached hydrogens (tertiary/aromatic N) is 1. The lowest BCUT2D eigenvalue weighted by molar-refractivity contribution is -0.128. The van der Waals surface area contributed by atoms with Crippen LogP contribution in [-0.2, 0) is 4.79 Å². The number of hydrogen-bond acceptors (Lipinski definition) is 3. The monoisotopic (exact) mass is 248 g/mol. The van der Waals surface area contributed by atoms with Crippen molar-refractivity contribution in [2.45, 2.75) is 20.1 Å². The quantitative estimate of drug-likeness (QED) is 0.555. The standard InChI is InChI=1S/C14H20N2O2/c1-6-7-8-9-11(4)12(10(2)3)16-14(18)13(17)15-5/h6-9,14,18H,2,4H2,1,3,5H3,(H,15,17). The highest BCUT2D eigenvalue weighted by Crippen LogP contribution is 2.08. The molecule has 1 unspecified atom stereocenters. The fraction of sp³-hybridized carbons (Fsp3) is 0.286. The van der Waals surface area contributed by atoms with Crippen molar-refractivity contribution >= 4 is 11.6 Å². The normalized spacial score (nSPS) is 13.9. The fourth-order valence-corrected chi connectivity index (χ4v) is 1.14. The second-order valence-corrected chi connectivity index (χ2v) is 3.66. The van der Waals surface area contributed by atoms with Crippen LogP contribution in [0.5, 0.6) is 0 Å². The first kappa shape index (κ1) is 16.1. The van der Waals surface area contributed by atoms with E-state index in [1.165, 1.54) is 7.05 Å². The Bertz CT molecular complexity index is 418. The van der Waals surface area contributed by atoms with Gasteiger partial charge in [0.1, 0.15) is 0 Å². The number of carbonyl (C=O) groups excluding carboxylic acids is 1. The van der Waals surface area contributed by atoms with Crippen LogP contribution >= 0.6 is 0 Å². The largest absolute Gasteiger partial charge is 0.364 e. The van der Waals surface area contributed by atoms with Crippen LogP contribution in [0.3, 0.4) is 0 Å². The summed E-state index contributed by atoms with van der Waals surface area (Å²) in [4.78, 5) is 15.1. The van der Waals surface area contributed by atoms with Gasteiger partial charge < -0.3 is 10.4 Å². The average molecular weight is 248 g/mol. The minimum absolute atomic E-state index is 0.423. The van der Waals surface area contributed by atoms with Crippen molar-refractivity contribution in [3.63, 3.8) is 0 Å². The molecule has 0 spiro atoms. The van der Waals surface area contributed by atoms with E-state index in [2.05, 4.69) is 23.5 Å². The van der Waals surface area contributed by atoms with Gasteiger partial charge >= 0.3 is 0 Å². The molecule has 0 aliphatic carbocycles. The van der Waals surface area contributed by atoms with Crippen molar-refractivity contribution in [2.24, 2.45) is 4.99 Å². The first-order valence-electron chi connectivity index (χ1n) is 5.56. The number of nitrogens with one attached hydrogen (secondary N) is 1. The van der Waals surface area contributed by atoms with Crippen LogP contribution in [0.25, 0.3) is 0 Å². The molecule has 98 valence electrons. The van der Waals surface area contributed by atoms with Gasteiger partial charge in [-0.25, -0.2) is 4.99 Å². The Hall–Kier alpha value is -1.94. The molecule has 0 bridgehead atoms. The maximum absolute atomic E-state index is 11.2. The molecule has 0 fully saturated rings. The van der Waals surface area contributed by atoms with E-state index >= 15 is 0 Å². The highest BCUT2D eigenvalue weighted by atomic mass is 16.3. The van der Waals surface area contributed by atoms with E-state index in [1.54, 1.807) is 19.1 Å². The number of aliphatic hydroxyl groups excluding tert-OH is 1. The second kappa shape index (κ2) is 8.20. The lowest BCUT2D eigenvalue weighted by atomic mass is 10.1. The molecule has 0 aromatic rings. The van der Waals surface area contributed by atoms with Crippen molar-refractivity contribution in [2.75, 3.05) is 7.05 Å². The van der Waals surface area contributed by atoms with E-state index in [1.807, 2.05) is 19.1 Å². The highest BCUT2D eigenvalue weighted by molar-refractivity contribution is 6.13. The summed E-state index contributed by atoms with van der Waals surface area (Å²) in [5.41, 5.74) is 1.64. The molecule has 0 aliphatic heterocycles. The number of rotatable bonds is 6. The predicted octanol–water partition coefficient (Wildman–Crippen LogP) is 1.76. The van der Waals surface area contributed by atoms with Crippen LogP contribution in [0.15, 0.2) is 53.6 Å². The van der Waals surface area contributed by atoms with E-state index in [0.717, 1.165) is 0 Å². The Kier molecular flexibility index (Phi) is 7.31. The van der Waals surface area contributed by atoms with Crippen LogP contribution < -0.4 is 5.32 Å². The maximum Gasteiger partial charge on any atom is 0.271 e. The Balaban J connectivity index is 5.08. The highest BCUT2D eigenvalue weighted by Gasteiger charge is 2.13. The van der Waals surface area contributed by atoms with Gasteiger partial charge in [-0.1, -0.05) is 37.5 Å². The Labute approximate surface area is 108 Å². The smallest absolute Gasteiger partial charge is 0.271 e. The van der Waals surface area contributed by atoms with Crippen molar-refractivity contribution in [1.29, 1.82) is 0 Å². The minimum Gasteiger partial charge on any atom is -0.364 e. The molecule has 0 aromatic heterocycles. The third-order valence-electron chi connectivity index (χ3n) is 2.04. The molecule has 2 N–H and O–H groups in total. The van der Waals surface area contributed by atoms with Gasteiger partial charge in [0.25, 0.3) is 5.91 Å².